The number of β-amino-alcohol motifs (C(OH)–C–C–N with tert-alkyl or cyclic N) is 1. The molecule has 202 valence electrons. The van der Waals surface area contributed by atoms with Crippen LogP contribution in [0.4, 0.5) is 18.9 Å². The van der Waals surface area contributed by atoms with Gasteiger partial charge in [-0.1, -0.05) is 6.07 Å². The van der Waals surface area contributed by atoms with Crippen LogP contribution in [-0.2, 0) is 11.3 Å². The number of aliphatic hydroxyl groups excluding tert-OH is 1. The molecule has 1 aromatic carbocycles. The summed E-state index contributed by atoms with van der Waals surface area (Å²) in [5.74, 6) is 0.594. The number of piperidine rings is 1. The molecule has 3 aromatic rings. The van der Waals surface area contributed by atoms with Crippen LogP contribution in [0.1, 0.15) is 30.1 Å². The number of hydrogen-bond donors (Lipinski definition) is 3. The first kappa shape index (κ1) is 26.7. The van der Waals surface area contributed by atoms with Crippen molar-refractivity contribution in [3.05, 3.63) is 53.7 Å². The molecule has 1 fully saturated rings. The molecular formula is C26H28F3N5O3S. The van der Waals surface area contributed by atoms with Crippen LogP contribution in [-0.4, -0.2) is 70.1 Å². The number of amides is 1. The first-order valence-corrected chi connectivity index (χ1v) is 13.2. The molecule has 1 saturated heterocycles. The van der Waals surface area contributed by atoms with Crippen molar-refractivity contribution in [1.82, 2.24) is 20.2 Å². The lowest BCUT2D eigenvalue weighted by molar-refractivity contribution is -0.210. The van der Waals surface area contributed by atoms with Gasteiger partial charge in [-0.15, -0.1) is 11.8 Å². The first-order chi connectivity index (χ1) is 18.2. The number of benzene rings is 1. The number of hydrogen-bond acceptors (Lipinski definition) is 8. The minimum atomic E-state index is -4.45. The van der Waals surface area contributed by atoms with E-state index in [4.69, 9.17) is 4.74 Å². The Morgan fingerprint density at radius 1 is 1.24 bits per heavy atom. The van der Waals surface area contributed by atoms with Crippen LogP contribution in [0.2, 0.25) is 0 Å². The van der Waals surface area contributed by atoms with Crippen LogP contribution >= 0.6 is 11.8 Å². The molecule has 0 bridgehead atoms. The molecule has 2 aliphatic rings. The van der Waals surface area contributed by atoms with Crippen molar-refractivity contribution in [2.75, 3.05) is 37.8 Å². The lowest BCUT2D eigenvalue weighted by Crippen LogP contribution is -2.61. The van der Waals surface area contributed by atoms with E-state index < -0.39 is 17.8 Å². The highest BCUT2D eigenvalue weighted by Crippen LogP contribution is 2.40. The number of carbonyl (C=O) groups is 1. The summed E-state index contributed by atoms with van der Waals surface area (Å²) in [6.45, 7) is 0.529. The molecule has 3 N–H and O–H groups in total. The molecule has 5 rings (SSSR count). The summed E-state index contributed by atoms with van der Waals surface area (Å²) in [6, 6.07) is 10.4. The van der Waals surface area contributed by atoms with E-state index in [2.05, 4.69) is 20.6 Å². The van der Waals surface area contributed by atoms with Gasteiger partial charge < -0.3 is 20.1 Å². The number of halogens is 3. The summed E-state index contributed by atoms with van der Waals surface area (Å²) in [7, 11) is 1.50. The molecule has 8 nitrogen and oxygen atoms in total. The molecule has 4 heterocycles. The highest BCUT2D eigenvalue weighted by molar-refractivity contribution is 8.00. The second-order valence-electron chi connectivity index (χ2n) is 9.54. The van der Waals surface area contributed by atoms with Crippen molar-refractivity contribution >= 4 is 34.4 Å². The second kappa shape index (κ2) is 10.7. The van der Waals surface area contributed by atoms with Crippen molar-refractivity contribution in [2.45, 2.75) is 42.1 Å². The number of alkyl halides is 3. The fourth-order valence-corrected chi connectivity index (χ4v) is 5.73. The number of anilines is 1. The molecule has 1 atom stereocenters. The zero-order valence-corrected chi connectivity index (χ0v) is 21.5. The normalized spacial score (nSPS) is 18.6. The maximum Gasteiger partial charge on any atom is 0.406 e. The average molecular weight is 548 g/mol. The van der Waals surface area contributed by atoms with Crippen LogP contribution < -0.4 is 15.4 Å². The van der Waals surface area contributed by atoms with E-state index >= 15 is 0 Å². The molecule has 0 saturated carbocycles. The zero-order valence-electron chi connectivity index (χ0n) is 20.7. The van der Waals surface area contributed by atoms with Crippen LogP contribution in [0.3, 0.4) is 0 Å². The van der Waals surface area contributed by atoms with Gasteiger partial charge in [0.2, 0.25) is 11.8 Å². The summed E-state index contributed by atoms with van der Waals surface area (Å²) < 4.78 is 48.1. The summed E-state index contributed by atoms with van der Waals surface area (Å²) in [4.78, 5) is 23.1. The average Bonchev–Trinajstić information content (AvgIpc) is 2.91. The smallest absolute Gasteiger partial charge is 0.406 e. The fourth-order valence-electron chi connectivity index (χ4n) is 4.94. The molecule has 0 unspecified atom stereocenters. The molecule has 2 aromatic heterocycles. The number of nitrogens with zero attached hydrogens (tertiary/aromatic N) is 3. The largest absolute Gasteiger partial charge is 0.481 e. The van der Waals surface area contributed by atoms with Gasteiger partial charge in [-0.2, -0.15) is 13.2 Å². The second-order valence-corrected chi connectivity index (χ2v) is 10.6. The van der Waals surface area contributed by atoms with Crippen LogP contribution in [0, 0.1) is 0 Å². The number of nitrogens with one attached hydrogen (secondary N) is 2. The Bertz CT molecular complexity index is 1330. The maximum absolute atomic E-state index is 14.3. The Balaban J connectivity index is 1.25. The summed E-state index contributed by atoms with van der Waals surface area (Å²) >= 11 is 1.41. The van der Waals surface area contributed by atoms with Crippen molar-refractivity contribution in [1.29, 1.82) is 0 Å². The van der Waals surface area contributed by atoms with E-state index in [1.807, 2.05) is 11.0 Å². The van der Waals surface area contributed by atoms with Gasteiger partial charge in [-0.25, -0.2) is 4.98 Å². The van der Waals surface area contributed by atoms with E-state index in [0.717, 1.165) is 4.90 Å². The monoisotopic (exact) mass is 547 g/mol. The van der Waals surface area contributed by atoms with Gasteiger partial charge in [0.05, 0.1) is 35.7 Å². The van der Waals surface area contributed by atoms with Crippen molar-refractivity contribution in [2.24, 2.45) is 0 Å². The maximum atomic E-state index is 14.3. The number of aromatic nitrogens is 2. The van der Waals surface area contributed by atoms with E-state index in [-0.39, 0.29) is 44.9 Å². The van der Waals surface area contributed by atoms with Crippen molar-refractivity contribution in [3.63, 3.8) is 0 Å². The number of rotatable bonds is 7. The van der Waals surface area contributed by atoms with E-state index in [9.17, 15) is 23.1 Å². The Morgan fingerprint density at radius 3 is 2.76 bits per heavy atom. The van der Waals surface area contributed by atoms with Crippen molar-refractivity contribution in [3.8, 4) is 5.88 Å². The van der Waals surface area contributed by atoms with Gasteiger partial charge in [-0.05, 0) is 42.7 Å². The predicted molar refractivity (Wildman–Crippen MR) is 138 cm³/mol. The van der Waals surface area contributed by atoms with E-state index in [0.29, 0.717) is 39.5 Å². The number of fused-ring (bicyclic) bond motifs is 2. The summed E-state index contributed by atoms with van der Waals surface area (Å²) in [5, 5.41) is 16.5. The zero-order chi connectivity index (χ0) is 26.9. The molecular weight excluding hydrogens is 519 g/mol. The van der Waals surface area contributed by atoms with Gasteiger partial charge in [0.15, 0.2) is 0 Å². The lowest BCUT2D eigenvalue weighted by Gasteiger charge is -2.44. The van der Waals surface area contributed by atoms with Crippen LogP contribution in [0.15, 0.2) is 47.5 Å². The number of pyridine rings is 2. The van der Waals surface area contributed by atoms with Gasteiger partial charge in [0.25, 0.3) is 0 Å². The molecule has 1 amide bonds. The highest BCUT2D eigenvalue weighted by Gasteiger charge is 2.55. The summed E-state index contributed by atoms with van der Waals surface area (Å²) in [6.07, 6.45) is -4.12. The van der Waals surface area contributed by atoms with Gasteiger partial charge >= 0.3 is 6.18 Å². The SMILES string of the molecule is COc1ccc2nccc([C@@H](O)CN3CCC(NCc4ccc5c(c4)NC(=O)CS5)(C(F)(F)F)CC3)c2n1. The number of aliphatic hydroxyl groups is 1. The Morgan fingerprint density at radius 2 is 2.03 bits per heavy atom. The molecule has 12 heteroatoms. The van der Waals surface area contributed by atoms with Crippen molar-refractivity contribution < 1.29 is 27.8 Å². The third kappa shape index (κ3) is 5.44. The standard InChI is InChI=1S/C26H28F3N5O3S/c1-37-23-5-3-18-24(33-23)17(6-9-30-18)20(35)14-34-10-7-25(8-11-34,26(27,28)29)31-13-16-2-4-21-19(12-16)32-22(36)15-38-21/h2-6,9,12,20,31,35H,7-8,10-11,13-15H2,1H3,(H,32,36)/t20-/m0/s1. The molecule has 0 spiro atoms. The topological polar surface area (TPSA) is 99.6 Å². The molecule has 2 aliphatic heterocycles. The Labute approximate surface area is 222 Å². The van der Waals surface area contributed by atoms with Gasteiger partial charge in [0.1, 0.15) is 5.54 Å². The number of carbonyl (C=O) groups excluding carboxylic acids is 1. The number of thioether (sulfide) groups is 1. The lowest BCUT2D eigenvalue weighted by atomic mass is 9.86. The first-order valence-electron chi connectivity index (χ1n) is 12.2. The van der Waals surface area contributed by atoms with Crippen LogP contribution in [0.25, 0.3) is 11.0 Å². The van der Waals surface area contributed by atoms with Gasteiger partial charge in [0, 0.05) is 48.9 Å². The van der Waals surface area contributed by atoms with Gasteiger partial charge in [-0.3, -0.25) is 15.1 Å². The minimum Gasteiger partial charge on any atom is -0.481 e. The minimum absolute atomic E-state index is 0.0203. The fraction of sp³-hybridized carbons (Fsp3) is 0.423. The number of ether oxygens (including phenoxy) is 1. The number of methoxy groups -OCH3 is 1. The van der Waals surface area contributed by atoms with E-state index in [1.165, 1.54) is 18.9 Å². The van der Waals surface area contributed by atoms with E-state index in [1.54, 1.807) is 36.5 Å². The number of likely N-dealkylation sites (tertiary alicyclic amines) is 1. The molecule has 38 heavy (non-hydrogen) atoms. The van der Waals surface area contributed by atoms with Crippen LogP contribution in [0.5, 0.6) is 5.88 Å². The molecule has 0 aliphatic carbocycles. The third-order valence-corrected chi connectivity index (χ3v) is 8.22. The highest BCUT2D eigenvalue weighted by atomic mass is 32.2. The summed E-state index contributed by atoms with van der Waals surface area (Å²) in [5.41, 5.74) is 0.911. The quantitative estimate of drug-likeness (QED) is 0.410. The Kier molecular flexibility index (Phi) is 7.49. The predicted octanol–water partition coefficient (Wildman–Crippen LogP) is 3.90. The third-order valence-electron chi connectivity index (χ3n) is 7.15. The molecule has 0 radical (unpaired) electrons. The Hall–Kier alpha value is -2.93.